The summed E-state index contributed by atoms with van der Waals surface area (Å²) < 4.78 is 5.26. The second-order valence-corrected chi connectivity index (χ2v) is 6.67. The van der Waals surface area contributed by atoms with Gasteiger partial charge in [-0.3, -0.25) is 9.59 Å². The van der Waals surface area contributed by atoms with E-state index < -0.39 is 5.91 Å². The maximum Gasteiger partial charge on any atom is 0.268 e. The summed E-state index contributed by atoms with van der Waals surface area (Å²) in [5, 5.41) is 5.56. The molecule has 0 saturated heterocycles. The first-order valence-corrected chi connectivity index (χ1v) is 9.87. The van der Waals surface area contributed by atoms with Crippen LogP contribution in [0.5, 0.6) is 5.75 Å². The van der Waals surface area contributed by atoms with E-state index in [0.717, 1.165) is 11.1 Å². The van der Waals surface area contributed by atoms with Crippen LogP contribution in [0.3, 0.4) is 0 Å². The topological polar surface area (TPSA) is 67.4 Å². The first kappa shape index (κ1) is 21.6. The van der Waals surface area contributed by atoms with Crippen molar-refractivity contribution < 1.29 is 14.3 Å². The molecule has 5 nitrogen and oxygen atoms in total. The molecular weight excluding hydrogens is 388 g/mol. The van der Waals surface area contributed by atoms with Crippen LogP contribution in [0.1, 0.15) is 21.5 Å². The molecule has 0 saturated carbocycles. The zero-order valence-corrected chi connectivity index (χ0v) is 17.2. The fraction of sp³-hybridized carbons (Fsp3) is 0.0769. The molecule has 3 aromatic rings. The molecule has 0 aliphatic heterocycles. The smallest absolute Gasteiger partial charge is 0.268 e. The van der Waals surface area contributed by atoms with E-state index in [1.54, 1.807) is 36.4 Å². The molecule has 31 heavy (non-hydrogen) atoms. The summed E-state index contributed by atoms with van der Waals surface area (Å²) in [6.07, 6.45) is 5.18. The van der Waals surface area contributed by atoms with E-state index >= 15 is 0 Å². The molecule has 0 unspecified atom stereocenters. The lowest BCUT2D eigenvalue weighted by Gasteiger charge is -2.12. The lowest BCUT2D eigenvalue weighted by atomic mass is 10.1. The van der Waals surface area contributed by atoms with Gasteiger partial charge in [0.25, 0.3) is 11.8 Å². The first-order chi connectivity index (χ1) is 15.2. The third-order valence-electron chi connectivity index (χ3n) is 4.49. The Morgan fingerprint density at radius 2 is 1.52 bits per heavy atom. The zero-order valence-electron chi connectivity index (χ0n) is 17.2. The molecule has 0 radical (unpaired) electrons. The zero-order chi connectivity index (χ0) is 21.9. The van der Waals surface area contributed by atoms with Gasteiger partial charge >= 0.3 is 0 Å². The van der Waals surface area contributed by atoms with E-state index in [4.69, 9.17) is 4.74 Å². The Labute approximate surface area is 182 Å². The number of hydrogen-bond acceptors (Lipinski definition) is 3. The van der Waals surface area contributed by atoms with E-state index in [0.29, 0.717) is 17.9 Å². The lowest BCUT2D eigenvalue weighted by molar-refractivity contribution is -0.118. The maximum atomic E-state index is 12.8. The average molecular weight is 412 g/mol. The average Bonchev–Trinajstić information content (AvgIpc) is 2.83. The van der Waals surface area contributed by atoms with Crippen molar-refractivity contribution in [3.05, 3.63) is 119 Å². The van der Waals surface area contributed by atoms with Crippen molar-refractivity contribution in [1.29, 1.82) is 0 Å². The summed E-state index contributed by atoms with van der Waals surface area (Å²) in [6.45, 7) is 0.351. The normalized spacial score (nSPS) is 11.2. The summed E-state index contributed by atoms with van der Waals surface area (Å²) in [5.74, 6) is -0.375. The predicted octanol–water partition coefficient (Wildman–Crippen LogP) is 4.34. The largest absolute Gasteiger partial charge is 0.496 e. The Morgan fingerprint density at radius 1 is 0.871 bits per heavy atom. The summed E-state index contributed by atoms with van der Waals surface area (Å²) in [4.78, 5) is 25.6. The van der Waals surface area contributed by atoms with E-state index in [2.05, 4.69) is 10.6 Å². The number of nitrogens with one attached hydrogen (secondary N) is 2. The highest BCUT2D eigenvalue weighted by Crippen LogP contribution is 2.17. The van der Waals surface area contributed by atoms with Gasteiger partial charge in [-0.15, -0.1) is 0 Å². The molecule has 0 heterocycles. The number of allylic oxidation sites excluding steroid dienone is 2. The third-order valence-corrected chi connectivity index (χ3v) is 4.49. The first-order valence-electron chi connectivity index (χ1n) is 9.87. The second kappa shape index (κ2) is 11.2. The minimum absolute atomic E-state index is 0.138. The van der Waals surface area contributed by atoms with Gasteiger partial charge in [0, 0.05) is 6.54 Å². The summed E-state index contributed by atoms with van der Waals surface area (Å²) in [7, 11) is 1.50. The van der Waals surface area contributed by atoms with Crippen LogP contribution < -0.4 is 15.4 Å². The molecule has 0 aliphatic rings. The molecule has 0 aromatic heterocycles. The van der Waals surface area contributed by atoms with Crippen LogP contribution in [0.2, 0.25) is 0 Å². The highest BCUT2D eigenvalue weighted by atomic mass is 16.5. The van der Waals surface area contributed by atoms with Crippen molar-refractivity contribution in [2.75, 3.05) is 7.11 Å². The number of benzene rings is 3. The van der Waals surface area contributed by atoms with Crippen molar-refractivity contribution >= 4 is 17.9 Å². The second-order valence-electron chi connectivity index (χ2n) is 6.67. The van der Waals surface area contributed by atoms with Gasteiger partial charge in [-0.25, -0.2) is 0 Å². The number of methoxy groups -OCH3 is 1. The quantitative estimate of drug-likeness (QED) is 0.427. The standard InChI is InChI=1S/C26H24N2O3/c1-31-24-18-9-8-16-22(24)25(29)28-23(17-10-15-20-11-4-2-5-12-20)26(30)27-19-21-13-6-3-7-14-21/h2-18H,19H2,1H3,(H,27,30)(H,28,29)/b15-10+,23-17+. The van der Waals surface area contributed by atoms with Crippen molar-refractivity contribution in [2.45, 2.75) is 6.54 Å². The molecule has 156 valence electrons. The minimum atomic E-state index is -0.424. The molecule has 5 heteroatoms. The van der Waals surface area contributed by atoms with Gasteiger partial charge in [0.1, 0.15) is 11.4 Å². The van der Waals surface area contributed by atoms with E-state index in [-0.39, 0.29) is 11.6 Å². The lowest BCUT2D eigenvalue weighted by Crippen LogP contribution is -2.34. The fourth-order valence-electron chi connectivity index (χ4n) is 2.89. The van der Waals surface area contributed by atoms with Crippen molar-refractivity contribution in [3.63, 3.8) is 0 Å². The van der Waals surface area contributed by atoms with E-state index in [1.807, 2.05) is 66.7 Å². The molecule has 2 amide bonds. The van der Waals surface area contributed by atoms with Gasteiger partial charge in [-0.2, -0.15) is 0 Å². The Bertz CT molecular complexity index is 1070. The SMILES string of the molecule is COc1ccccc1C(=O)N/C(=C/C=C/c1ccccc1)C(=O)NCc1ccccc1. The maximum absolute atomic E-state index is 12.8. The van der Waals surface area contributed by atoms with Gasteiger partial charge in [-0.05, 0) is 29.3 Å². The molecule has 0 fully saturated rings. The molecule has 0 bridgehead atoms. The van der Waals surface area contributed by atoms with Gasteiger partial charge in [-0.1, -0.05) is 84.9 Å². The van der Waals surface area contributed by atoms with Gasteiger partial charge < -0.3 is 15.4 Å². The molecule has 0 aliphatic carbocycles. The van der Waals surface area contributed by atoms with Crippen LogP contribution in [-0.4, -0.2) is 18.9 Å². The minimum Gasteiger partial charge on any atom is -0.496 e. The van der Waals surface area contributed by atoms with Gasteiger partial charge in [0.2, 0.25) is 0 Å². The van der Waals surface area contributed by atoms with E-state index in [1.165, 1.54) is 7.11 Å². The van der Waals surface area contributed by atoms with Crippen LogP contribution in [-0.2, 0) is 11.3 Å². The number of ether oxygens (including phenoxy) is 1. The molecular formula is C26H24N2O3. The Kier molecular flexibility index (Phi) is 7.77. The van der Waals surface area contributed by atoms with Crippen LogP contribution in [0.25, 0.3) is 6.08 Å². The van der Waals surface area contributed by atoms with Crippen molar-refractivity contribution in [3.8, 4) is 5.75 Å². The summed E-state index contributed by atoms with van der Waals surface area (Å²) in [5.41, 5.74) is 2.43. The summed E-state index contributed by atoms with van der Waals surface area (Å²) >= 11 is 0. The Morgan fingerprint density at radius 3 is 2.23 bits per heavy atom. The number of rotatable bonds is 8. The van der Waals surface area contributed by atoms with Crippen molar-refractivity contribution in [2.24, 2.45) is 0 Å². The molecule has 3 aromatic carbocycles. The van der Waals surface area contributed by atoms with Gasteiger partial charge in [0.15, 0.2) is 0 Å². The number of para-hydroxylation sites is 1. The number of hydrogen-bond donors (Lipinski definition) is 2. The fourth-order valence-corrected chi connectivity index (χ4v) is 2.89. The van der Waals surface area contributed by atoms with Crippen LogP contribution in [0, 0.1) is 0 Å². The monoisotopic (exact) mass is 412 g/mol. The number of carbonyl (C=O) groups is 2. The molecule has 3 rings (SSSR count). The highest BCUT2D eigenvalue weighted by molar-refractivity contribution is 6.04. The van der Waals surface area contributed by atoms with E-state index in [9.17, 15) is 9.59 Å². The number of amides is 2. The predicted molar refractivity (Wildman–Crippen MR) is 122 cm³/mol. The molecule has 2 N–H and O–H groups in total. The summed E-state index contributed by atoms with van der Waals surface area (Å²) in [6, 6.07) is 26.1. The third kappa shape index (κ3) is 6.44. The van der Waals surface area contributed by atoms with Crippen LogP contribution in [0.15, 0.2) is 103 Å². The Hall–Kier alpha value is -4.12. The Balaban J connectivity index is 1.79. The van der Waals surface area contributed by atoms with Gasteiger partial charge in [0.05, 0.1) is 12.7 Å². The van der Waals surface area contributed by atoms with Crippen LogP contribution in [0.4, 0.5) is 0 Å². The molecule has 0 spiro atoms. The molecule has 0 atom stereocenters. The highest BCUT2D eigenvalue weighted by Gasteiger charge is 2.16. The van der Waals surface area contributed by atoms with Crippen LogP contribution >= 0.6 is 0 Å². The van der Waals surface area contributed by atoms with Crippen molar-refractivity contribution in [1.82, 2.24) is 10.6 Å². The number of carbonyl (C=O) groups excluding carboxylic acids is 2.